The summed E-state index contributed by atoms with van der Waals surface area (Å²) in [6.07, 6.45) is 3.87. The number of halogens is 1. The minimum Gasteiger partial charge on any atom is -0.478 e. The molecule has 0 saturated carbocycles. The van der Waals surface area contributed by atoms with Crippen LogP contribution in [0.2, 0.25) is 0 Å². The molecule has 0 spiro atoms. The first-order valence-corrected chi connectivity index (χ1v) is 5.34. The number of hydrogen-bond acceptors (Lipinski definition) is 4. The number of nitrogens with one attached hydrogen (secondary N) is 1. The Kier molecular flexibility index (Phi) is 2.45. The molecule has 0 aromatic carbocycles. The number of nitrogens with zero attached hydrogens (tertiary/aromatic N) is 3. The third-order valence-electron chi connectivity index (χ3n) is 2.60. The molecule has 0 radical (unpaired) electrons. The van der Waals surface area contributed by atoms with E-state index in [4.69, 9.17) is 5.11 Å². The van der Waals surface area contributed by atoms with Crippen LogP contribution in [-0.4, -0.2) is 31.0 Å². The van der Waals surface area contributed by atoms with Gasteiger partial charge in [-0.15, -0.1) is 0 Å². The van der Waals surface area contributed by atoms with E-state index in [9.17, 15) is 9.18 Å². The lowest BCUT2D eigenvalue weighted by Gasteiger charge is -1.95. The molecule has 0 bridgehead atoms. The predicted molar refractivity (Wildman–Crippen MR) is 64.0 cm³/mol. The number of aromatic nitrogens is 4. The molecule has 0 aliphatic heterocycles. The second kappa shape index (κ2) is 4.13. The zero-order valence-electron chi connectivity index (χ0n) is 9.46. The molecule has 3 aromatic rings. The lowest BCUT2D eigenvalue weighted by Crippen LogP contribution is -1.97. The molecule has 0 aliphatic carbocycles. The van der Waals surface area contributed by atoms with Gasteiger partial charge in [-0.25, -0.2) is 19.2 Å². The van der Waals surface area contributed by atoms with E-state index in [0.29, 0.717) is 16.9 Å². The van der Waals surface area contributed by atoms with Crippen LogP contribution in [0.5, 0.6) is 0 Å². The molecule has 0 atom stereocenters. The van der Waals surface area contributed by atoms with Crippen molar-refractivity contribution in [3.8, 4) is 11.4 Å². The fourth-order valence-electron chi connectivity index (χ4n) is 1.77. The van der Waals surface area contributed by atoms with Gasteiger partial charge in [0.05, 0.1) is 17.3 Å². The van der Waals surface area contributed by atoms with Gasteiger partial charge in [-0.1, -0.05) is 0 Å². The Morgan fingerprint density at radius 1 is 1.37 bits per heavy atom. The fourth-order valence-corrected chi connectivity index (χ4v) is 1.77. The summed E-state index contributed by atoms with van der Waals surface area (Å²) in [6, 6.07) is 2.63. The van der Waals surface area contributed by atoms with Gasteiger partial charge < -0.3 is 10.1 Å². The van der Waals surface area contributed by atoms with Crippen molar-refractivity contribution < 1.29 is 14.3 Å². The van der Waals surface area contributed by atoms with E-state index in [1.165, 1.54) is 24.5 Å². The largest absolute Gasteiger partial charge is 0.478 e. The Balaban J connectivity index is 2.22. The number of aromatic carboxylic acids is 1. The first-order valence-electron chi connectivity index (χ1n) is 5.34. The van der Waals surface area contributed by atoms with Crippen LogP contribution in [0, 0.1) is 5.82 Å². The number of carbonyl (C=O) groups is 1. The average molecular weight is 258 g/mol. The number of aromatic amines is 1. The second-order valence-electron chi connectivity index (χ2n) is 3.84. The third-order valence-corrected chi connectivity index (χ3v) is 2.60. The summed E-state index contributed by atoms with van der Waals surface area (Å²) in [5.74, 6) is -1.26. The minimum absolute atomic E-state index is 0.0631. The molecule has 0 saturated heterocycles. The SMILES string of the molecule is O=C(O)c1ccnc2nc(-c3cncc(F)c3)[nH]c12. The molecule has 19 heavy (non-hydrogen) atoms. The molecular formula is C12H7FN4O2. The van der Waals surface area contributed by atoms with Crippen LogP contribution >= 0.6 is 0 Å². The lowest BCUT2D eigenvalue weighted by molar-refractivity contribution is 0.0698. The fraction of sp³-hybridized carbons (Fsp3) is 0. The van der Waals surface area contributed by atoms with Crippen molar-refractivity contribution in [1.82, 2.24) is 19.9 Å². The summed E-state index contributed by atoms with van der Waals surface area (Å²) in [7, 11) is 0. The molecular weight excluding hydrogens is 251 g/mol. The molecule has 6 nitrogen and oxygen atoms in total. The quantitative estimate of drug-likeness (QED) is 0.731. The van der Waals surface area contributed by atoms with Gasteiger partial charge in [0.1, 0.15) is 11.6 Å². The highest BCUT2D eigenvalue weighted by molar-refractivity contribution is 6.00. The monoisotopic (exact) mass is 258 g/mol. The number of hydrogen-bond donors (Lipinski definition) is 2. The van der Waals surface area contributed by atoms with Crippen molar-refractivity contribution in [3.05, 3.63) is 42.1 Å². The number of pyridine rings is 2. The summed E-state index contributed by atoms with van der Waals surface area (Å²) in [4.78, 5) is 25.7. The predicted octanol–water partition coefficient (Wildman–Crippen LogP) is 1.86. The topological polar surface area (TPSA) is 91.8 Å². The van der Waals surface area contributed by atoms with Gasteiger partial charge in [-0.2, -0.15) is 0 Å². The van der Waals surface area contributed by atoms with E-state index in [1.807, 2.05) is 0 Å². The van der Waals surface area contributed by atoms with E-state index in [-0.39, 0.29) is 11.2 Å². The summed E-state index contributed by atoms with van der Waals surface area (Å²) < 4.78 is 13.1. The third kappa shape index (κ3) is 1.90. The maximum absolute atomic E-state index is 13.1. The van der Waals surface area contributed by atoms with Crippen LogP contribution < -0.4 is 0 Å². The van der Waals surface area contributed by atoms with Gasteiger partial charge >= 0.3 is 5.97 Å². The molecule has 2 N–H and O–H groups in total. The smallest absolute Gasteiger partial charge is 0.338 e. The molecule has 3 heterocycles. The highest BCUT2D eigenvalue weighted by Crippen LogP contribution is 2.21. The highest BCUT2D eigenvalue weighted by atomic mass is 19.1. The molecule has 0 aliphatic rings. The van der Waals surface area contributed by atoms with Crippen LogP contribution in [-0.2, 0) is 0 Å². The van der Waals surface area contributed by atoms with Crippen LogP contribution in [0.25, 0.3) is 22.6 Å². The summed E-state index contributed by atoms with van der Waals surface area (Å²) in [5, 5.41) is 9.06. The van der Waals surface area contributed by atoms with Crippen LogP contribution in [0.4, 0.5) is 4.39 Å². The first-order chi connectivity index (χ1) is 9.15. The standard InChI is InChI=1S/C12H7FN4O2/c13-7-3-6(4-14-5-7)10-16-9-8(12(18)19)1-2-15-11(9)17-10/h1-5H,(H,18,19)(H,15,16,17). The van der Waals surface area contributed by atoms with E-state index in [1.54, 1.807) is 0 Å². The van der Waals surface area contributed by atoms with E-state index < -0.39 is 11.8 Å². The number of rotatable bonds is 2. The number of imidazole rings is 1. The van der Waals surface area contributed by atoms with E-state index >= 15 is 0 Å². The number of carboxylic acids is 1. The van der Waals surface area contributed by atoms with Crippen molar-refractivity contribution in [3.63, 3.8) is 0 Å². The maximum atomic E-state index is 13.1. The van der Waals surface area contributed by atoms with Crippen molar-refractivity contribution in [2.75, 3.05) is 0 Å². The summed E-state index contributed by atoms with van der Waals surface area (Å²) in [5.41, 5.74) is 1.05. The molecule has 0 fully saturated rings. The van der Waals surface area contributed by atoms with Crippen LogP contribution in [0.1, 0.15) is 10.4 Å². The molecule has 3 rings (SSSR count). The Morgan fingerprint density at radius 2 is 2.21 bits per heavy atom. The summed E-state index contributed by atoms with van der Waals surface area (Å²) >= 11 is 0. The minimum atomic E-state index is -1.08. The van der Waals surface area contributed by atoms with Gasteiger partial charge in [-0.3, -0.25) is 4.98 Å². The Morgan fingerprint density at radius 3 is 2.95 bits per heavy atom. The van der Waals surface area contributed by atoms with Gasteiger partial charge in [0.2, 0.25) is 0 Å². The van der Waals surface area contributed by atoms with Crippen molar-refractivity contribution in [2.45, 2.75) is 0 Å². The Hall–Kier alpha value is -2.83. The van der Waals surface area contributed by atoms with Gasteiger partial charge in [0, 0.05) is 18.0 Å². The number of fused-ring (bicyclic) bond motifs is 1. The van der Waals surface area contributed by atoms with Gasteiger partial charge in [-0.05, 0) is 12.1 Å². The molecule has 0 amide bonds. The van der Waals surface area contributed by atoms with Crippen molar-refractivity contribution in [2.24, 2.45) is 0 Å². The van der Waals surface area contributed by atoms with Crippen molar-refractivity contribution >= 4 is 17.1 Å². The van der Waals surface area contributed by atoms with Crippen molar-refractivity contribution in [1.29, 1.82) is 0 Å². The lowest BCUT2D eigenvalue weighted by atomic mass is 10.2. The average Bonchev–Trinajstić information content (AvgIpc) is 2.82. The molecule has 0 unspecified atom stereocenters. The zero-order valence-corrected chi connectivity index (χ0v) is 9.46. The molecule has 3 aromatic heterocycles. The van der Waals surface area contributed by atoms with Gasteiger partial charge in [0.15, 0.2) is 5.65 Å². The van der Waals surface area contributed by atoms with E-state index in [0.717, 1.165) is 6.20 Å². The zero-order chi connectivity index (χ0) is 13.4. The number of carboxylic acid groups (broad SMARTS) is 1. The normalized spacial score (nSPS) is 10.8. The first kappa shape index (κ1) is 11.3. The maximum Gasteiger partial charge on any atom is 0.338 e. The summed E-state index contributed by atoms with van der Waals surface area (Å²) in [6.45, 7) is 0. The van der Waals surface area contributed by atoms with E-state index in [2.05, 4.69) is 19.9 Å². The molecule has 94 valence electrons. The number of H-pyrrole nitrogens is 1. The molecule has 7 heteroatoms. The van der Waals surface area contributed by atoms with Crippen LogP contribution in [0.3, 0.4) is 0 Å². The van der Waals surface area contributed by atoms with Gasteiger partial charge in [0.25, 0.3) is 0 Å². The Bertz CT molecular complexity index is 784. The van der Waals surface area contributed by atoms with Crippen LogP contribution in [0.15, 0.2) is 30.7 Å². The Labute approximate surface area is 106 Å². The second-order valence-corrected chi connectivity index (χ2v) is 3.84. The highest BCUT2D eigenvalue weighted by Gasteiger charge is 2.14.